The Labute approximate surface area is 94.7 Å². The summed E-state index contributed by atoms with van der Waals surface area (Å²) in [6.07, 6.45) is 3.09. The van der Waals surface area contributed by atoms with Crippen molar-refractivity contribution in [3.8, 4) is 0 Å². The zero-order chi connectivity index (χ0) is 11.1. The van der Waals surface area contributed by atoms with Gasteiger partial charge in [0.25, 0.3) is 0 Å². The highest BCUT2D eigenvalue weighted by Crippen LogP contribution is 2.28. The second-order valence-electron chi connectivity index (χ2n) is 4.35. The van der Waals surface area contributed by atoms with E-state index in [4.69, 9.17) is 5.73 Å². The van der Waals surface area contributed by atoms with Gasteiger partial charge in [0.05, 0.1) is 17.4 Å². The van der Waals surface area contributed by atoms with Gasteiger partial charge in [-0.25, -0.2) is 4.98 Å². The minimum absolute atomic E-state index is 0.293. The standard InChI is InChI=1S/C12H16N4/c1-15-7-5-9-12(10(15)8-13)16-6-3-2-4-11(16)14-9/h2-4,6,10H,5,7-8,13H2,1H3. The van der Waals surface area contributed by atoms with Gasteiger partial charge in [0, 0.05) is 25.7 Å². The highest BCUT2D eigenvalue weighted by Gasteiger charge is 2.27. The number of hydrogen-bond acceptors (Lipinski definition) is 3. The topological polar surface area (TPSA) is 46.6 Å². The zero-order valence-corrected chi connectivity index (χ0v) is 9.43. The number of pyridine rings is 1. The summed E-state index contributed by atoms with van der Waals surface area (Å²) in [5.74, 6) is 0. The summed E-state index contributed by atoms with van der Waals surface area (Å²) < 4.78 is 2.17. The summed E-state index contributed by atoms with van der Waals surface area (Å²) in [5, 5.41) is 0. The predicted octanol–water partition coefficient (Wildman–Crippen LogP) is 0.822. The van der Waals surface area contributed by atoms with Gasteiger partial charge in [-0.3, -0.25) is 4.90 Å². The maximum absolute atomic E-state index is 5.88. The lowest BCUT2D eigenvalue weighted by molar-refractivity contribution is 0.229. The van der Waals surface area contributed by atoms with Gasteiger partial charge >= 0.3 is 0 Å². The molecule has 1 atom stereocenters. The molecular weight excluding hydrogens is 200 g/mol. The van der Waals surface area contributed by atoms with Crippen molar-refractivity contribution < 1.29 is 0 Å². The first-order valence-electron chi connectivity index (χ1n) is 5.67. The van der Waals surface area contributed by atoms with E-state index in [1.165, 1.54) is 11.4 Å². The van der Waals surface area contributed by atoms with E-state index in [0.29, 0.717) is 12.6 Å². The third-order valence-corrected chi connectivity index (χ3v) is 3.42. The fourth-order valence-corrected chi connectivity index (χ4v) is 2.54. The van der Waals surface area contributed by atoms with Crippen LogP contribution < -0.4 is 5.73 Å². The highest BCUT2D eigenvalue weighted by atomic mass is 15.2. The second kappa shape index (κ2) is 3.57. The van der Waals surface area contributed by atoms with Crippen molar-refractivity contribution in [1.29, 1.82) is 0 Å². The minimum Gasteiger partial charge on any atom is -0.329 e. The van der Waals surface area contributed by atoms with Crippen LogP contribution in [0.25, 0.3) is 5.65 Å². The number of nitrogens with two attached hydrogens (primary N) is 1. The fraction of sp³-hybridized carbons (Fsp3) is 0.417. The van der Waals surface area contributed by atoms with Gasteiger partial charge in [0.1, 0.15) is 5.65 Å². The molecule has 3 rings (SSSR count). The van der Waals surface area contributed by atoms with Gasteiger partial charge in [0.15, 0.2) is 0 Å². The van der Waals surface area contributed by atoms with E-state index in [0.717, 1.165) is 18.6 Å². The lowest BCUT2D eigenvalue weighted by atomic mass is 10.0. The molecule has 0 aliphatic carbocycles. The summed E-state index contributed by atoms with van der Waals surface area (Å²) in [6, 6.07) is 6.40. The summed E-state index contributed by atoms with van der Waals surface area (Å²) in [4.78, 5) is 6.98. The van der Waals surface area contributed by atoms with Gasteiger partial charge in [-0.1, -0.05) is 6.07 Å². The van der Waals surface area contributed by atoms with Crippen molar-refractivity contribution in [1.82, 2.24) is 14.3 Å². The molecule has 0 aromatic carbocycles. The van der Waals surface area contributed by atoms with Crippen LogP contribution in [-0.4, -0.2) is 34.4 Å². The number of aromatic nitrogens is 2. The molecule has 3 heterocycles. The van der Waals surface area contributed by atoms with E-state index < -0.39 is 0 Å². The summed E-state index contributed by atoms with van der Waals surface area (Å²) in [6.45, 7) is 1.69. The first-order valence-corrected chi connectivity index (χ1v) is 5.67. The fourth-order valence-electron chi connectivity index (χ4n) is 2.54. The molecule has 1 aliphatic heterocycles. The van der Waals surface area contributed by atoms with Crippen LogP contribution in [0.5, 0.6) is 0 Å². The molecule has 0 saturated carbocycles. The molecular formula is C12H16N4. The molecule has 0 saturated heterocycles. The zero-order valence-electron chi connectivity index (χ0n) is 9.43. The molecule has 4 heteroatoms. The van der Waals surface area contributed by atoms with Crippen molar-refractivity contribution in [2.75, 3.05) is 20.1 Å². The molecule has 0 fully saturated rings. The average molecular weight is 216 g/mol. The Morgan fingerprint density at radius 3 is 3.19 bits per heavy atom. The minimum atomic E-state index is 0.293. The first kappa shape index (κ1) is 9.81. The predicted molar refractivity (Wildman–Crippen MR) is 63.3 cm³/mol. The van der Waals surface area contributed by atoms with Gasteiger partial charge in [0.2, 0.25) is 0 Å². The Morgan fingerprint density at radius 1 is 1.50 bits per heavy atom. The largest absolute Gasteiger partial charge is 0.329 e. The van der Waals surface area contributed by atoms with E-state index >= 15 is 0 Å². The molecule has 0 spiro atoms. The highest BCUT2D eigenvalue weighted by molar-refractivity contribution is 5.44. The number of rotatable bonds is 1. The van der Waals surface area contributed by atoms with E-state index in [9.17, 15) is 0 Å². The molecule has 2 aromatic heterocycles. The number of hydrogen-bond donors (Lipinski definition) is 1. The first-order chi connectivity index (χ1) is 7.81. The molecule has 16 heavy (non-hydrogen) atoms. The molecule has 0 bridgehead atoms. The number of likely N-dealkylation sites (N-methyl/N-ethyl adjacent to an activating group) is 1. The van der Waals surface area contributed by atoms with Crippen molar-refractivity contribution in [2.45, 2.75) is 12.5 Å². The van der Waals surface area contributed by atoms with Crippen molar-refractivity contribution in [3.63, 3.8) is 0 Å². The molecule has 1 aliphatic rings. The Hall–Kier alpha value is -1.39. The Morgan fingerprint density at radius 2 is 2.38 bits per heavy atom. The van der Waals surface area contributed by atoms with Crippen LogP contribution in [0, 0.1) is 0 Å². The Bertz CT molecular complexity index is 517. The van der Waals surface area contributed by atoms with Crippen LogP contribution in [-0.2, 0) is 6.42 Å². The maximum atomic E-state index is 5.88. The normalized spacial score (nSPS) is 21.2. The number of fused-ring (bicyclic) bond motifs is 3. The SMILES string of the molecule is CN1CCc2nc3ccccn3c2C1CN. The van der Waals surface area contributed by atoms with Gasteiger partial charge in [-0.15, -0.1) is 0 Å². The lowest BCUT2D eigenvalue weighted by Gasteiger charge is -2.31. The quantitative estimate of drug-likeness (QED) is 0.767. The van der Waals surface area contributed by atoms with Gasteiger partial charge in [-0.05, 0) is 19.2 Å². The molecule has 84 valence electrons. The molecule has 1 unspecified atom stereocenters. The van der Waals surface area contributed by atoms with E-state index in [1.807, 2.05) is 18.2 Å². The third kappa shape index (κ3) is 1.27. The smallest absolute Gasteiger partial charge is 0.137 e. The van der Waals surface area contributed by atoms with Crippen molar-refractivity contribution >= 4 is 5.65 Å². The number of imidazole rings is 1. The number of nitrogens with zero attached hydrogens (tertiary/aromatic N) is 3. The summed E-state index contributed by atoms with van der Waals surface area (Å²) in [5.41, 5.74) is 9.38. The maximum Gasteiger partial charge on any atom is 0.137 e. The second-order valence-corrected chi connectivity index (χ2v) is 4.35. The summed E-state index contributed by atoms with van der Waals surface area (Å²) in [7, 11) is 2.13. The lowest BCUT2D eigenvalue weighted by Crippen LogP contribution is -2.37. The van der Waals surface area contributed by atoms with E-state index in [2.05, 4.69) is 27.5 Å². The molecule has 0 radical (unpaired) electrons. The average Bonchev–Trinajstić information content (AvgIpc) is 2.68. The Kier molecular flexibility index (Phi) is 2.19. The van der Waals surface area contributed by atoms with Crippen LogP contribution in [0.2, 0.25) is 0 Å². The Balaban J connectivity index is 2.25. The molecule has 0 amide bonds. The van der Waals surface area contributed by atoms with Crippen LogP contribution >= 0.6 is 0 Å². The monoisotopic (exact) mass is 216 g/mol. The van der Waals surface area contributed by atoms with E-state index in [1.54, 1.807) is 0 Å². The van der Waals surface area contributed by atoms with Crippen LogP contribution in [0.4, 0.5) is 0 Å². The molecule has 2 aromatic rings. The third-order valence-electron chi connectivity index (χ3n) is 3.42. The van der Waals surface area contributed by atoms with Crippen LogP contribution in [0.3, 0.4) is 0 Å². The van der Waals surface area contributed by atoms with Gasteiger partial charge in [-0.2, -0.15) is 0 Å². The van der Waals surface area contributed by atoms with Crippen molar-refractivity contribution in [3.05, 3.63) is 35.8 Å². The van der Waals surface area contributed by atoms with Gasteiger partial charge < -0.3 is 10.1 Å². The summed E-state index contributed by atoms with van der Waals surface area (Å²) >= 11 is 0. The van der Waals surface area contributed by atoms with Crippen LogP contribution in [0.1, 0.15) is 17.4 Å². The molecule has 2 N–H and O–H groups in total. The molecule has 4 nitrogen and oxygen atoms in total. The van der Waals surface area contributed by atoms with Crippen molar-refractivity contribution in [2.24, 2.45) is 5.73 Å². The van der Waals surface area contributed by atoms with E-state index in [-0.39, 0.29) is 0 Å². The van der Waals surface area contributed by atoms with Crippen LogP contribution in [0.15, 0.2) is 24.4 Å².